The van der Waals surface area contributed by atoms with Crippen molar-refractivity contribution in [1.29, 1.82) is 0 Å². The summed E-state index contributed by atoms with van der Waals surface area (Å²) in [7, 11) is 0. The first-order valence-electron chi connectivity index (χ1n) is 3.96. The van der Waals surface area contributed by atoms with Crippen molar-refractivity contribution in [3.8, 4) is 0 Å². The van der Waals surface area contributed by atoms with Gasteiger partial charge in [0, 0.05) is 13.7 Å². The summed E-state index contributed by atoms with van der Waals surface area (Å²) in [5.74, 6) is 0.899. The normalized spacial score (nSPS) is 30.0. The molecule has 0 spiro atoms. The van der Waals surface area contributed by atoms with Gasteiger partial charge in [-0.05, 0) is 37.8 Å². The summed E-state index contributed by atoms with van der Waals surface area (Å²) in [5, 5.41) is 0. The Kier molecular flexibility index (Phi) is 2.23. The van der Waals surface area contributed by atoms with E-state index in [0.717, 1.165) is 9.84 Å². The molecule has 0 aliphatic heterocycles. The van der Waals surface area contributed by atoms with E-state index in [-0.39, 0.29) is 0 Å². The zero-order valence-corrected chi connectivity index (χ0v) is 9.48. The van der Waals surface area contributed by atoms with Crippen LogP contribution in [0.25, 0.3) is 0 Å². The molecule has 0 aromatic carbocycles. The topological polar surface area (TPSA) is 0 Å². The fraction of sp³-hybridized carbons (Fsp3) is 0.556. The van der Waals surface area contributed by atoms with E-state index in [4.69, 9.17) is 0 Å². The Morgan fingerprint density at radius 2 is 2.18 bits per heavy atom. The van der Waals surface area contributed by atoms with Crippen molar-refractivity contribution in [2.75, 3.05) is 0 Å². The molecule has 0 N–H and O–H groups in total. The predicted octanol–water partition coefficient (Wildman–Crippen LogP) is 3.74. The van der Waals surface area contributed by atoms with E-state index >= 15 is 0 Å². The van der Waals surface area contributed by atoms with Crippen LogP contribution in [0.4, 0.5) is 0 Å². The van der Waals surface area contributed by atoms with E-state index < -0.39 is 0 Å². The second kappa shape index (κ2) is 3.05. The first kappa shape index (κ1) is 8.05. The van der Waals surface area contributed by atoms with Crippen molar-refractivity contribution in [3.63, 3.8) is 0 Å². The van der Waals surface area contributed by atoms with Gasteiger partial charge in [-0.2, -0.15) is 0 Å². The lowest BCUT2D eigenvalue weighted by Gasteiger charge is -2.30. The Hall–Kier alpha value is 0.430. The van der Waals surface area contributed by atoms with Gasteiger partial charge in [0.15, 0.2) is 0 Å². The van der Waals surface area contributed by atoms with Crippen LogP contribution in [0.5, 0.6) is 0 Å². The van der Waals surface area contributed by atoms with Crippen LogP contribution >= 0.6 is 33.9 Å². The highest BCUT2D eigenvalue weighted by atomic mass is 127. The third-order valence-electron chi connectivity index (χ3n) is 2.24. The first-order chi connectivity index (χ1) is 5.25. The Balaban J connectivity index is 2.07. The highest BCUT2D eigenvalue weighted by Crippen LogP contribution is 2.43. The molecule has 1 saturated carbocycles. The highest BCUT2D eigenvalue weighted by Gasteiger charge is 2.28. The van der Waals surface area contributed by atoms with Crippen molar-refractivity contribution in [2.45, 2.75) is 29.6 Å². The number of hydrogen-bond acceptors (Lipinski definition) is 1. The third kappa shape index (κ3) is 1.61. The molecule has 1 aliphatic rings. The molecule has 1 aromatic heterocycles. The third-order valence-corrected chi connectivity index (χ3v) is 4.42. The van der Waals surface area contributed by atoms with E-state index in [1.54, 1.807) is 4.88 Å². The number of thiophene rings is 1. The lowest BCUT2D eigenvalue weighted by atomic mass is 9.84. The molecule has 60 valence electrons. The standard InChI is InChI=1S/C9H11IS/c1-6-2-3-9(11-6)7-4-8(10)5-7/h2-3,7-8H,4-5H2,1H3. The molecule has 1 aliphatic carbocycles. The van der Waals surface area contributed by atoms with Gasteiger partial charge in [-0.1, -0.05) is 22.6 Å². The zero-order chi connectivity index (χ0) is 7.84. The highest BCUT2D eigenvalue weighted by molar-refractivity contribution is 14.1. The maximum Gasteiger partial charge on any atom is 0.0122 e. The lowest BCUT2D eigenvalue weighted by molar-refractivity contribution is 0.457. The van der Waals surface area contributed by atoms with Gasteiger partial charge in [-0.3, -0.25) is 0 Å². The van der Waals surface area contributed by atoms with Crippen molar-refractivity contribution in [1.82, 2.24) is 0 Å². The summed E-state index contributed by atoms with van der Waals surface area (Å²) in [6, 6.07) is 4.54. The van der Waals surface area contributed by atoms with E-state index in [2.05, 4.69) is 41.6 Å². The van der Waals surface area contributed by atoms with Gasteiger partial charge in [0.25, 0.3) is 0 Å². The van der Waals surface area contributed by atoms with Crippen LogP contribution in [0.1, 0.15) is 28.5 Å². The number of rotatable bonds is 1. The van der Waals surface area contributed by atoms with Crippen LogP contribution in [0.2, 0.25) is 0 Å². The quantitative estimate of drug-likeness (QED) is 0.542. The van der Waals surface area contributed by atoms with Gasteiger partial charge in [-0.25, -0.2) is 0 Å². The summed E-state index contributed by atoms with van der Waals surface area (Å²) in [4.78, 5) is 3.06. The number of halogens is 1. The van der Waals surface area contributed by atoms with E-state index in [0.29, 0.717) is 0 Å². The van der Waals surface area contributed by atoms with Crippen LogP contribution in [-0.4, -0.2) is 3.92 Å². The molecule has 1 heterocycles. The minimum absolute atomic E-state index is 0.899. The molecule has 0 amide bonds. The predicted molar refractivity (Wildman–Crippen MR) is 58.8 cm³/mol. The lowest BCUT2D eigenvalue weighted by Crippen LogP contribution is -2.20. The molecule has 0 bridgehead atoms. The fourth-order valence-electron chi connectivity index (χ4n) is 1.45. The van der Waals surface area contributed by atoms with Gasteiger partial charge >= 0.3 is 0 Å². The number of alkyl halides is 1. The summed E-state index contributed by atoms with van der Waals surface area (Å²) >= 11 is 4.52. The average Bonchev–Trinajstić information content (AvgIpc) is 2.29. The molecule has 1 fully saturated rings. The van der Waals surface area contributed by atoms with E-state index in [9.17, 15) is 0 Å². The molecule has 2 heteroatoms. The second-order valence-corrected chi connectivity index (χ2v) is 6.30. The SMILES string of the molecule is Cc1ccc(C2CC(I)C2)s1. The van der Waals surface area contributed by atoms with E-state index in [1.807, 2.05) is 11.3 Å². The Bertz CT molecular complexity index is 248. The smallest absolute Gasteiger partial charge is 0.0122 e. The Morgan fingerprint density at radius 1 is 1.45 bits per heavy atom. The van der Waals surface area contributed by atoms with Crippen LogP contribution in [0.15, 0.2) is 12.1 Å². The summed E-state index contributed by atoms with van der Waals surface area (Å²) in [5.41, 5.74) is 0. The zero-order valence-electron chi connectivity index (χ0n) is 6.51. The minimum atomic E-state index is 0.899. The summed E-state index contributed by atoms with van der Waals surface area (Å²) < 4.78 is 0.944. The van der Waals surface area contributed by atoms with Crippen LogP contribution in [0, 0.1) is 6.92 Å². The van der Waals surface area contributed by atoms with Gasteiger partial charge in [0.2, 0.25) is 0 Å². The van der Waals surface area contributed by atoms with Crippen LogP contribution < -0.4 is 0 Å². The maximum absolute atomic E-state index is 2.55. The Labute approximate surface area is 85.2 Å². The molecular weight excluding hydrogens is 267 g/mol. The van der Waals surface area contributed by atoms with Crippen molar-refractivity contribution in [3.05, 3.63) is 21.9 Å². The minimum Gasteiger partial charge on any atom is -0.145 e. The average molecular weight is 278 g/mol. The van der Waals surface area contributed by atoms with Crippen LogP contribution in [0.3, 0.4) is 0 Å². The molecule has 11 heavy (non-hydrogen) atoms. The molecule has 2 rings (SSSR count). The van der Waals surface area contributed by atoms with Crippen molar-refractivity contribution in [2.24, 2.45) is 0 Å². The molecule has 1 aromatic rings. The molecule has 0 atom stereocenters. The van der Waals surface area contributed by atoms with Gasteiger partial charge in [0.1, 0.15) is 0 Å². The van der Waals surface area contributed by atoms with Crippen molar-refractivity contribution >= 4 is 33.9 Å². The molecule has 0 radical (unpaired) electrons. The van der Waals surface area contributed by atoms with Crippen molar-refractivity contribution < 1.29 is 0 Å². The monoisotopic (exact) mass is 278 g/mol. The summed E-state index contributed by atoms with van der Waals surface area (Å²) in [6.45, 7) is 2.19. The van der Waals surface area contributed by atoms with Crippen LogP contribution in [-0.2, 0) is 0 Å². The largest absolute Gasteiger partial charge is 0.145 e. The second-order valence-electron chi connectivity index (χ2n) is 3.21. The summed E-state index contributed by atoms with van der Waals surface area (Å²) in [6.07, 6.45) is 2.81. The number of hydrogen-bond donors (Lipinski definition) is 0. The van der Waals surface area contributed by atoms with Gasteiger partial charge in [-0.15, -0.1) is 11.3 Å². The first-order valence-corrected chi connectivity index (χ1v) is 6.02. The number of aryl methyl sites for hydroxylation is 1. The molecule has 0 unspecified atom stereocenters. The molecule has 0 saturated heterocycles. The Morgan fingerprint density at radius 3 is 2.64 bits per heavy atom. The fourth-order valence-corrected chi connectivity index (χ4v) is 3.68. The molecule has 0 nitrogen and oxygen atoms in total. The maximum atomic E-state index is 2.55. The van der Waals surface area contributed by atoms with Gasteiger partial charge < -0.3 is 0 Å². The van der Waals surface area contributed by atoms with E-state index in [1.165, 1.54) is 17.7 Å². The molecular formula is C9H11IS. The van der Waals surface area contributed by atoms with Gasteiger partial charge in [0.05, 0.1) is 0 Å².